The molecule has 0 radical (unpaired) electrons. The Balaban J connectivity index is 1.45. The molecule has 2 aromatic rings. The molecule has 2 aliphatic heterocycles. The molecule has 2 N–H and O–H groups in total. The average molecular weight is 444 g/mol. The predicted molar refractivity (Wildman–Crippen MR) is 107 cm³/mol. The molecular formula is C20H17N3O5S2. The minimum absolute atomic E-state index is 0.000897. The van der Waals surface area contributed by atoms with Crippen LogP contribution in [0.5, 0.6) is 0 Å². The zero-order valence-corrected chi connectivity index (χ0v) is 17.2. The van der Waals surface area contributed by atoms with E-state index in [1.54, 1.807) is 18.0 Å². The Labute approximate surface area is 178 Å². The minimum atomic E-state index is -1.18. The number of aliphatic carboxylic acids is 1. The first-order valence-electron chi connectivity index (χ1n) is 9.82. The molecule has 2 amide bonds. The van der Waals surface area contributed by atoms with Crippen LogP contribution in [0.1, 0.15) is 22.8 Å². The molecule has 0 aromatic carbocycles. The molecule has 2 saturated carbocycles. The summed E-state index contributed by atoms with van der Waals surface area (Å²) in [6.07, 6.45) is 4.30. The van der Waals surface area contributed by atoms with Crippen LogP contribution in [0, 0.1) is 29.6 Å². The molecule has 4 aliphatic rings. The summed E-state index contributed by atoms with van der Waals surface area (Å²) in [5.74, 6) is -2.74. The van der Waals surface area contributed by atoms with Gasteiger partial charge in [0.1, 0.15) is 6.54 Å². The number of carboxylic acid groups (broad SMARTS) is 1. The topological polar surface area (TPSA) is 120 Å². The van der Waals surface area contributed by atoms with Crippen LogP contribution in [0.4, 0.5) is 0 Å². The van der Waals surface area contributed by atoms with Crippen LogP contribution in [0.15, 0.2) is 34.3 Å². The Morgan fingerprint density at radius 3 is 2.70 bits per heavy atom. The molecular weight excluding hydrogens is 426 g/mol. The predicted octanol–water partition coefficient (Wildman–Crippen LogP) is 1.39. The molecule has 7 atom stereocenters. The maximum atomic E-state index is 13.1. The number of hydrogen-bond acceptors (Lipinski definition) is 7. The van der Waals surface area contributed by atoms with Gasteiger partial charge in [0.2, 0.25) is 11.8 Å². The van der Waals surface area contributed by atoms with Gasteiger partial charge in [0.15, 0.2) is 0 Å². The summed E-state index contributed by atoms with van der Waals surface area (Å²) >= 11 is 2.82. The first-order chi connectivity index (χ1) is 14.5. The number of H-pyrrole nitrogens is 1. The zero-order valence-electron chi connectivity index (χ0n) is 15.6. The summed E-state index contributed by atoms with van der Waals surface area (Å²) in [6, 6.07) is 3.87. The number of carbonyl (C=O) groups is 3. The van der Waals surface area contributed by atoms with E-state index in [0.717, 1.165) is 26.8 Å². The first-order valence-corrected chi connectivity index (χ1v) is 11.5. The number of rotatable bonds is 3. The van der Waals surface area contributed by atoms with E-state index in [-0.39, 0.29) is 45.6 Å². The van der Waals surface area contributed by atoms with E-state index >= 15 is 0 Å². The maximum Gasteiger partial charge on any atom is 0.323 e. The van der Waals surface area contributed by atoms with Crippen molar-refractivity contribution < 1.29 is 19.5 Å². The number of likely N-dealkylation sites (tertiary alicyclic amines) is 1. The van der Waals surface area contributed by atoms with Crippen molar-refractivity contribution in [2.45, 2.75) is 22.6 Å². The molecule has 30 heavy (non-hydrogen) atoms. The number of amides is 2. The number of thioether (sulfide) groups is 1. The van der Waals surface area contributed by atoms with E-state index in [1.165, 1.54) is 11.3 Å². The number of carbonyl (C=O) groups excluding carboxylic acids is 2. The van der Waals surface area contributed by atoms with Crippen molar-refractivity contribution >= 4 is 40.9 Å². The van der Waals surface area contributed by atoms with Gasteiger partial charge in [-0.1, -0.05) is 17.4 Å². The fourth-order valence-electron chi connectivity index (χ4n) is 6.30. The summed E-state index contributed by atoms with van der Waals surface area (Å²) in [4.78, 5) is 58.4. The van der Waals surface area contributed by atoms with Gasteiger partial charge in [-0.2, -0.15) is 0 Å². The fourth-order valence-corrected chi connectivity index (χ4v) is 9.19. The van der Waals surface area contributed by atoms with E-state index in [2.05, 4.69) is 9.97 Å². The lowest BCUT2D eigenvalue weighted by molar-refractivity contribution is -0.149. The van der Waals surface area contributed by atoms with Gasteiger partial charge in [0.05, 0.1) is 16.9 Å². The Hall–Kier alpha value is -2.46. The number of imide groups is 1. The third-order valence-corrected chi connectivity index (χ3v) is 9.74. The standard InChI is InChI=1S/C20H17N3O5S2/c24-10(25)6-23-18(26)13-8-4-9(14(13)19(23)27)15-12(8)11(7-2-1-3-21-5-7)16-17(29-15)22-20(28)30-16/h1-3,5,8-9,11-15H,4,6H2,(H,22,28)(H,24,25)/t8-,9-,11+,12-,13+,14-,15-/m1/s1. The molecule has 6 rings (SSSR count). The largest absolute Gasteiger partial charge is 0.480 e. The van der Waals surface area contributed by atoms with Crippen LogP contribution in [0.25, 0.3) is 0 Å². The van der Waals surface area contributed by atoms with Gasteiger partial charge in [-0.3, -0.25) is 29.1 Å². The van der Waals surface area contributed by atoms with Gasteiger partial charge in [-0.05, 0) is 35.8 Å². The quantitative estimate of drug-likeness (QED) is 0.688. The molecule has 8 nitrogen and oxygen atoms in total. The van der Waals surface area contributed by atoms with Gasteiger partial charge >= 0.3 is 10.8 Å². The number of pyridine rings is 1. The highest BCUT2D eigenvalue weighted by Gasteiger charge is 2.69. The number of thiazole rings is 1. The van der Waals surface area contributed by atoms with Crippen LogP contribution in [-0.4, -0.2) is 49.6 Å². The van der Waals surface area contributed by atoms with Crippen LogP contribution in [0.3, 0.4) is 0 Å². The number of nitrogens with one attached hydrogen (secondary N) is 1. The third-order valence-electron chi connectivity index (χ3n) is 7.15. The Bertz CT molecular complexity index is 1140. The van der Waals surface area contributed by atoms with E-state index in [9.17, 15) is 19.2 Å². The molecule has 2 aromatic heterocycles. The Kier molecular flexibility index (Phi) is 3.83. The molecule has 0 unspecified atom stereocenters. The van der Waals surface area contributed by atoms with Crippen molar-refractivity contribution in [2.24, 2.45) is 29.6 Å². The smallest absolute Gasteiger partial charge is 0.323 e. The highest BCUT2D eigenvalue weighted by atomic mass is 32.2. The van der Waals surface area contributed by atoms with Gasteiger partial charge in [-0.15, -0.1) is 11.8 Å². The summed E-state index contributed by atoms with van der Waals surface area (Å²) in [7, 11) is 0. The molecule has 4 heterocycles. The monoisotopic (exact) mass is 443 g/mol. The van der Waals surface area contributed by atoms with Crippen molar-refractivity contribution in [3.05, 3.63) is 44.6 Å². The lowest BCUT2D eigenvalue weighted by Gasteiger charge is -2.42. The van der Waals surface area contributed by atoms with Gasteiger partial charge in [0, 0.05) is 28.4 Å². The lowest BCUT2D eigenvalue weighted by Crippen LogP contribution is -2.42. The number of nitrogens with zero attached hydrogens (tertiary/aromatic N) is 2. The van der Waals surface area contributed by atoms with Crippen LogP contribution >= 0.6 is 23.1 Å². The number of aromatic amines is 1. The second kappa shape index (κ2) is 6.27. The van der Waals surface area contributed by atoms with Crippen LogP contribution < -0.4 is 4.87 Å². The van der Waals surface area contributed by atoms with Gasteiger partial charge in [-0.25, -0.2) is 0 Å². The number of fused-ring (bicyclic) bond motifs is 9. The number of aromatic nitrogens is 2. The summed E-state index contributed by atoms with van der Waals surface area (Å²) in [6.45, 7) is -0.570. The minimum Gasteiger partial charge on any atom is -0.480 e. The van der Waals surface area contributed by atoms with Crippen molar-refractivity contribution in [3.8, 4) is 0 Å². The van der Waals surface area contributed by atoms with E-state index in [1.807, 2.05) is 18.3 Å². The third kappa shape index (κ3) is 2.31. The van der Waals surface area contributed by atoms with Crippen LogP contribution in [0.2, 0.25) is 0 Å². The van der Waals surface area contributed by atoms with Crippen LogP contribution in [-0.2, 0) is 14.4 Å². The molecule has 0 spiro atoms. The molecule has 2 bridgehead atoms. The second-order valence-corrected chi connectivity index (χ2v) is 10.6. The van der Waals surface area contributed by atoms with E-state index in [0.29, 0.717) is 0 Å². The number of carboxylic acids is 1. The van der Waals surface area contributed by atoms with Crippen molar-refractivity contribution in [3.63, 3.8) is 0 Å². The van der Waals surface area contributed by atoms with Gasteiger partial charge in [0.25, 0.3) is 0 Å². The normalized spacial score (nSPS) is 36.0. The number of hydrogen-bond donors (Lipinski definition) is 2. The molecule has 154 valence electrons. The fraction of sp³-hybridized carbons (Fsp3) is 0.450. The molecule has 1 saturated heterocycles. The molecule has 2 aliphatic carbocycles. The Morgan fingerprint density at radius 2 is 2.00 bits per heavy atom. The van der Waals surface area contributed by atoms with E-state index in [4.69, 9.17) is 5.11 Å². The SMILES string of the molecule is O=C(O)CN1C(=O)[C@@H]2[C@H]3C[C@@H]([C@@H]2C1=O)[C@@H]1[C@H](c2cccnc2)c2sc(=O)[nH]c2S[C@H]31. The van der Waals surface area contributed by atoms with Crippen molar-refractivity contribution in [1.29, 1.82) is 0 Å². The second-order valence-electron chi connectivity index (χ2n) is 8.40. The van der Waals surface area contributed by atoms with Gasteiger partial charge < -0.3 is 10.1 Å². The summed E-state index contributed by atoms with van der Waals surface area (Å²) < 4.78 is 0. The highest BCUT2D eigenvalue weighted by Crippen LogP contribution is 2.68. The Morgan fingerprint density at radius 1 is 1.23 bits per heavy atom. The highest BCUT2D eigenvalue weighted by molar-refractivity contribution is 8.00. The summed E-state index contributed by atoms with van der Waals surface area (Å²) in [5, 5.41) is 10.1. The van der Waals surface area contributed by atoms with E-state index < -0.39 is 24.3 Å². The first kappa shape index (κ1) is 18.3. The average Bonchev–Trinajstić information content (AvgIpc) is 3.44. The van der Waals surface area contributed by atoms with Crippen molar-refractivity contribution in [1.82, 2.24) is 14.9 Å². The molecule has 10 heteroatoms. The maximum absolute atomic E-state index is 13.1. The van der Waals surface area contributed by atoms with Crippen molar-refractivity contribution in [2.75, 3.05) is 6.54 Å². The lowest BCUT2D eigenvalue weighted by atomic mass is 9.68. The molecule has 3 fully saturated rings. The zero-order chi connectivity index (χ0) is 20.7. The summed E-state index contributed by atoms with van der Waals surface area (Å²) in [5.41, 5.74) is 1.01.